The highest BCUT2D eigenvalue weighted by atomic mass is 32.2. The molecule has 1 aliphatic rings. The fraction of sp³-hybridized carbons (Fsp3) is 0.667. The van der Waals surface area contributed by atoms with E-state index in [1.165, 1.54) is 15.7 Å². The van der Waals surface area contributed by atoms with E-state index in [-0.39, 0.29) is 25.6 Å². The van der Waals surface area contributed by atoms with Crippen molar-refractivity contribution in [2.75, 3.05) is 33.4 Å². The van der Waals surface area contributed by atoms with E-state index in [2.05, 4.69) is 0 Å². The summed E-state index contributed by atoms with van der Waals surface area (Å²) in [7, 11) is -2.13. The van der Waals surface area contributed by atoms with Gasteiger partial charge in [-0.25, -0.2) is 0 Å². The van der Waals surface area contributed by atoms with Gasteiger partial charge in [0.05, 0.1) is 18.7 Å². The summed E-state index contributed by atoms with van der Waals surface area (Å²) in [5.74, 6) is 1.44. The molecule has 0 N–H and O–H groups in total. The van der Waals surface area contributed by atoms with Gasteiger partial charge in [-0.2, -0.15) is 22.3 Å². The molecule has 23 heavy (non-hydrogen) atoms. The summed E-state index contributed by atoms with van der Waals surface area (Å²) in [6, 6.07) is 5.40. The molecule has 0 aliphatic carbocycles. The first-order valence-electron chi connectivity index (χ1n) is 7.70. The molecule has 1 atom stereocenters. The number of hydrogen-bond donors (Lipinski definition) is 0. The van der Waals surface area contributed by atoms with Crippen molar-refractivity contribution in [1.29, 1.82) is 5.26 Å². The quantitative estimate of drug-likeness (QED) is 0.720. The largest absolute Gasteiger partial charge is 0.465 e. The third kappa shape index (κ3) is 4.12. The van der Waals surface area contributed by atoms with Gasteiger partial charge in [0.1, 0.15) is 11.5 Å². The lowest BCUT2D eigenvalue weighted by Crippen LogP contribution is -2.45. The highest BCUT2D eigenvalue weighted by molar-refractivity contribution is 7.86. The maximum Gasteiger partial charge on any atom is 0.282 e. The number of nitriles is 1. The van der Waals surface area contributed by atoms with Gasteiger partial charge in [0.25, 0.3) is 10.2 Å². The summed E-state index contributed by atoms with van der Waals surface area (Å²) in [5, 5.41) is 8.77. The van der Waals surface area contributed by atoms with Crippen molar-refractivity contribution in [2.24, 2.45) is 0 Å². The first-order valence-corrected chi connectivity index (χ1v) is 9.09. The van der Waals surface area contributed by atoms with Crippen LogP contribution in [-0.4, -0.2) is 50.4 Å². The molecule has 1 aromatic rings. The zero-order valence-corrected chi connectivity index (χ0v) is 14.4. The topological polar surface area (TPSA) is 86.8 Å². The van der Waals surface area contributed by atoms with Gasteiger partial charge in [0.15, 0.2) is 0 Å². The number of ether oxygens (including phenoxy) is 1. The summed E-state index contributed by atoms with van der Waals surface area (Å²) in [4.78, 5) is 0. The van der Waals surface area contributed by atoms with Crippen molar-refractivity contribution >= 4 is 10.2 Å². The van der Waals surface area contributed by atoms with Gasteiger partial charge < -0.3 is 9.15 Å². The highest BCUT2D eigenvalue weighted by Gasteiger charge is 2.39. The Morgan fingerprint density at radius 2 is 2.26 bits per heavy atom. The minimum atomic E-state index is -3.66. The van der Waals surface area contributed by atoms with E-state index in [9.17, 15) is 8.42 Å². The fourth-order valence-corrected chi connectivity index (χ4v) is 4.61. The maximum atomic E-state index is 13.0. The molecule has 8 heteroatoms. The van der Waals surface area contributed by atoms with Crippen molar-refractivity contribution in [1.82, 2.24) is 8.61 Å². The number of methoxy groups -OCH3 is 1. The predicted octanol–water partition coefficient (Wildman–Crippen LogP) is 1.83. The van der Waals surface area contributed by atoms with Crippen LogP contribution in [-0.2, 0) is 14.9 Å². The summed E-state index contributed by atoms with van der Waals surface area (Å²) in [6.45, 7) is 3.00. The monoisotopic (exact) mass is 341 g/mol. The second kappa shape index (κ2) is 7.93. The first kappa shape index (κ1) is 17.9. The summed E-state index contributed by atoms with van der Waals surface area (Å²) in [6.07, 6.45) is 1.68. The number of aryl methyl sites for hydroxylation is 1. The van der Waals surface area contributed by atoms with E-state index < -0.39 is 10.2 Å². The minimum absolute atomic E-state index is 0.154. The molecule has 0 spiro atoms. The van der Waals surface area contributed by atoms with Crippen LogP contribution in [0.4, 0.5) is 0 Å². The van der Waals surface area contributed by atoms with Gasteiger partial charge in [-0.1, -0.05) is 0 Å². The lowest BCUT2D eigenvalue weighted by molar-refractivity contribution is 0.175. The van der Waals surface area contributed by atoms with Crippen molar-refractivity contribution < 1.29 is 17.6 Å². The molecule has 128 valence electrons. The molecule has 1 saturated heterocycles. The van der Waals surface area contributed by atoms with E-state index in [1.807, 2.05) is 25.1 Å². The Balaban J connectivity index is 2.22. The third-order valence-corrected chi connectivity index (χ3v) is 5.98. The molecule has 2 heterocycles. The molecular formula is C15H23N3O4S. The Bertz CT molecular complexity index is 650. The molecule has 7 nitrogen and oxygen atoms in total. The molecule has 0 aromatic carbocycles. The Morgan fingerprint density at radius 1 is 1.48 bits per heavy atom. The number of hydrogen-bond acceptors (Lipinski definition) is 5. The third-order valence-electron chi connectivity index (χ3n) is 3.93. The molecule has 1 unspecified atom stereocenters. The van der Waals surface area contributed by atoms with Crippen LogP contribution in [0.25, 0.3) is 0 Å². The average Bonchev–Trinajstić information content (AvgIpc) is 3.15. The van der Waals surface area contributed by atoms with Crippen LogP contribution >= 0.6 is 0 Å². The van der Waals surface area contributed by atoms with Gasteiger partial charge in [0, 0.05) is 33.2 Å². The minimum Gasteiger partial charge on any atom is -0.465 e. The number of furan rings is 1. The van der Waals surface area contributed by atoms with Gasteiger partial charge in [-0.05, 0) is 31.9 Å². The van der Waals surface area contributed by atoms with Crippen LogP contribution in [0, 0.1) is 18.3 Å². The fourth-order valence-electron chi connectivity index (χ4n) is 2.79. The predicted molar refractivity (Wildman–Crippen MR) is 84.7 cm³/mol. The van der Waals surface area contributed by atoms with E-state index in [0.29, 0.717) is 18.9 Å². The van der Waals surface area contributed by atoms with Crippen molar-refractivity contribution in [3.8, 4) is 6.07 Å². The van der Waals surface area contributed by atoms with Crippen LogP contribution in [0.2, 0.25) is 0 Å². The van der Waals surface area contributed by atoms with Gasteiger partial charge >= 0.3 is 0 Å². The van der Waals surface area contributed by atoms with Gasteiger partial charge in [0.2, 0.25) is 0 Å². The number of rotatable bonds is 8. The SMILES string of the molecule is COCCN(CCC#N)S(=O)(=O)N1CCCC1c1ccc(C)o1. The van der Waals surface area contributed by atoms with E-state index in [0.717, 1.165) is 18.6 Å². The smallest absolute Gasteiger partial charge is 0.282 e. The average molecular weight is 341 g/mol. The maximum absolute atomic E-state index is 13.0. The van der Waals surface area contributed by atoms with Crippen LogP contribution in [0.15, 0.2) is 16.5 Å². The molecule has 0 saturated carbocycles. The normalized spacial score (nSPS) is 19.3. The molecule has 1 aliphatic heterocycles. The molecule has 2 rings (SSSR count). The standard InChI is InChI=1S/C15H23N3O4S/c1-13-6-7-15(22-13)14-5-3-10-18(14)23(19,20)17(9-4-8-16)11-12-21-2/h6-7,14H,3-5,9-12H2,1-2H3. The summed E-state index contributed by atoms with van der Waals surface area (Å²) in [5.41, 5.74) is 0. The Hall–Kier alpha value is -1.40. The molecule has 1 aromatic heterocycles. The molecule has 0 amide bonds. The van der Waals surface area contributed by atoms with Crippen LogP contribution in [0.5, 0.6) is 0 Å². The van der Waals surface area contributed by atoms with Crippen LogP contribution in [0.1, 0.15) is 36.8 Å². The Morgan fingerprint density at radius 3 is 2.87 bits per heavy atom. The summed E-state index contributed by atoms with van der Waals surface area (Å²) < 4.78 is 39.4. The second-order valence-electron chi connectivity index (χ2n) is 5.52. The zero-order valence-electron chi connectivity index (χ0n) is 13.6. The Kier molecular flexibility index (Phi) is 6.18. The molecular weight excluding hydrogens is 318 g/mol. The van der Waals surface area contributed by atoms with Crippen molar-refractivity contribution in [3.05, 3.63) is 23.7 Å². The summed E-state index contributed by atoms with van der Waals surface area (Å²) >= 11 is 0. The Labute approximate surface area is 137 Å². The molecule has 0 radical (unpaired) electrons. The van der Waals surface area contributed by atoms with E-state index >= 15 is 0 Å². The van der Waals surface area contributed by atoms with Gasteiger partial charge in [-0.15, -0.1) is 0 Å². The van der Waals surface area contributed by atoms with E-state index in [1.54, 1.807) is 0 Å². The molecule has 0 bridgehead atoms. The van der Waals surface area contributed by atoms with Crippen LogP contribution < -0.4 is 0 Å². The second-order valence-corrected chi connectivity index (χ2v) is 7.41. The molecule has 1 fully saturated rings. The van der Waals surface area contributed by atoms with Crippen LogP contribution in [0.3, 0.4) is 0 Å². The highest BCUT2D eigenvalue weighted by Crippen LogP contribution is 2.36. The lowest BCUT2D eigenvalue weighted by atomic mass is 10.2. The van der Waals surface area contributed by atoms with E-state index in [4.69, 9.17) is 14.4 Å². The first-order chi connectivity index (χ1) is 11.0. The van der Waals surface area contributed by atoms with Crippen molar-refractivity contribution in [2.45, 2.75) is 32.2 Å². The lowest BCUT2D eigenvalue weighted by Gasteiger charge is -2.29. The zero-order chi connectivity index (χ0) is 16.9. The van der Waals surface area contributed by atoms with Crippen molar-refractivity contribution in [3.63, 3.8) is 0 Å². The number of nitrogens with zero attached hydrogens (tertiary/aromatic N) is 3. The van der Waals surface area contributed by atoms with Gasteiger partial charge in [-0.3, -0.25) is 0 Å².